The molecule has 0 aromatic carbocycles. The Hall–Kier alpha value is 1.41. The standard InChI is InChI=1S/C15H19I3/c1-6-7(2)9(4)13(16)12-11(8(6)3)14(17)10(5)15(12)18/h6,10,14-15H,1-5H3/t6-,10?,14?,15?/m0/s1. The Balaban J connectivity index is 2.76. The van der Waals surface area contributed by atoms with Crippen molar-refractivity contribution < 1.29 is 0 Å². The van der Waals surface area contributed by atoms with E-state index in [1.54, 1.807) is 22.3 Å². The van der Waals surface area contributed by atoms with Crippen molar-refractivity contribution in [3.05, 3.63) is 31.4 Å². The van der Waals surface area contributed by atoms with E-state index < -0.39 is 0 Å². The summed E-state index contributed by atoms with van der Waals surface area (Å²) in [6.07, 6.45) is 0. The van der Waals surface area contributed by atoms with Crippen LogP contribution in [-0.2, 0) is 0 Å². The van der Waals surface area contributed by atoms with Crippen LogP contribution in [0, 0.1) is 11.8 Å². The van der Waals surface area contributed by atoms with Crippen LogP contribution in [0.25, 0.3) is 0 Å². The molecule has 0 N–H and O–H groups in total. The van der Waals surface area contributed by atoms with Gasteiger partial charge in [0, 0.05) is 11.4 Å². The van der Waals surface area contributed by atoms with Crippen molar-refractivity contribution in [2.24, 2.45) is 11.8 Å². The predicted octanol–water partition coefficient (Wildman–Crippen LogP) is 6.24. The second-order valence-electron chi connectivity index (χ2n) is 5.52. The van der Waals surface area contributed by atoms with E-state index in [9.17, 15) is 0 Å². The molecule has 1 fully saturated rings. The van der Waals surface area contributed by atoms with Gasteiger partial charge in [-0.25, -0.2) is 0 Å². The lowest BCUT2D eigenvalue weighted by atomic mass is 9.90. The molecule has 0 aromatic rings. The monoisotopic (exact) mass is 580 g/mol. The van der Waals surface area contributed by atoms with Gasteiger partial charge in [-0.15, -0.1) is 0 Å². The van der Waals surface area contributed by atoms with Gasteiger partial charge >= 0.3 is 0 Å². The maximum atomic E-state index is 2.66. The Kier molecular flexibility index (Phi) is 4.96. The molecule has 1 saturated carbocycles. The number of allylic oxidation sites excluding steroid dienone is 6. The van der Waals surface area contributed by atoms with E-state index in [0.29, 0.717) is 13.8 Å². The molecule has 0 bridgehead atoms. The first-order valence-electron chi connectivity index (χ1n) is 6.35. The first kappa shape index (κ1) is 15.8. The summed E-state index contributed by atoms with van der Waals surface area (Å²) in [5.74, 6) is 1.34. The molecule has 0 aromatic heterocycles. The van der Waals surface area contributed by atoms with E-state index in [0.717, 1.165) is 5.92 Å². The van der Waals surface area contributed by atoms with E-state index in [4.69, 9.17) is 0 Å². The number of fused-ring (bicyclic) bond motifs is 1. The first-order chi connectivity index (χ1) is 8.29. The lowest BCUT2D eigenvalue weighted by Crippen LogP contribution is -2.12. The van der Waals surface area contributed by atoms with Crippen LogP contribution in [0.5, 0.6) is 0 Å². The minimum Gasteiger partial charge on any atom is -0.0771 e. The molecule has 4 atom stereocenters. The molecule has 0 aliphatic heterocycles. The highest BCUT2D eigenvalue weighted by molar-refractivity contribution is 14.1. The minimum atomic E-state index is 0.591. The van der Waals surface area contributed by atoms with Gasteiger partial charge in [0.15, 0.2) is 0 Å². The highest BCUT2D eigenvalue weighted by atomic mass is 127. The molecule has 2 rings (SSSR count). The fraction of sp³-hybridized carbons (Fsp3) is 0.600. The molecule has 2 aliphatic rings. The van der Waals surface area contributed by atoms with Crippen molar-refractivity contribution >= 4 is 67.8 Å². The molecular formula is C15H19I3. The third-order valence-electron chi connectivity index (χ3n) is 4.65. The maximum Gasteiger partial charge on any atom is 0.0412 e. The van der Waals surface area contributed by atoms with Crippen LogP contribution in [0.1, 0.15) is 34.6 Å². The number of rotatable bonds is 0. The van der Waals surface area contributed by atoms with Crippen molar-refractivity contribution in [1.82, 2.24) is 0 Å². The zero-order valence-electron chi connectivity index (χ0n) is 11.4. The van der Waals surface area contributed by atoms with Gasteiger partial charge in [-0.3, -0.25) is 0 Å². The third kappa shape index (κ3) is 2.27. The lowest BCUT2D eigenvalue weighted by molar-refractivity contribution is 0.686. The molecule has 0 nitrogen and oxygen atoms in total. The molecular weight excluding hydrogens is 561 g/mol. The first-order valence-corrected chi connectivity index (χ1v) is 9.92. The van der Waals surface area contributed by atoms with Crippen LogP contribution in [0.2, 0.25) is 0 Å². The Morgan fingerprint density at radius 3 is 1.89 bits per heavy atom. The number of halogens is 3. The summed E-state index contributed by atoms with van der Waals surface area (Å²) in [4.78, 5) is 0. The summed E-state index contributed by atoms with van der Waals surface area (Å²) < 4.78 is 2.84. The van der Waals surface area contributed by atoms with Crippen LogP contribution in [0.15, 0.2) is 31.4 Å². The molecule has 3 heteroatoms. The summed E-state index contributed by atoms with van der Waals surface area (Å²) in [6, 6.07) is 0. The largest absolute Gasteiger partial charge is 0.0771 e. The zero-order chi connectivity index (χ0) is 13.8. The smallest absolute Gasteiger partial charge is 0.0412 e. The van der Waals surface area contributed by atoms with Gasteiger partial charge in [0.25, 0.3) is 0 Å². The van der Waals surface area contributed by atoms with Crippen molar-refractivity contribution in [2.75, 3.05) is 0 Å². The van der Waals surface area contributed by atoms with Gasteiger partial charge in [-0.05, 0) is 71.9 Å². The van der Waals surface area contributed by atoms with Crippen molar-refractivity contribution in [2.45, 2.75) is 42.5 Å². The Morgan fingerprint density at radius 1 is 0.833 bits per heavy atom. The molecule has 3 unspecified atom stereocenters. The molecule has 0 saturated heterocycles. The van der Waals surface area contributed by atoms with E-state index in [-0.39, 0.29) is 0 Å². The van der Waals surface area contributed by atoms with Gasteiger partial charge in [-0.2, -0.15) is 0 Å². The number of hydrogen-bond donors (Lipinski definition) is 0. The highest BCUT2D eigenvalue weighted by Gasteiger charge is 2.42. The molecule has 0 heterocycles. The van der Waals surface area contributed by atoms with Gasteiger partial charge in [0.05, 0.1) is 0 Å². The van der Waals surface area contributed by atoms with Crippen LogP contribution >= 0.6 is 67.8 Å². The lowest BCUT2D eigenvalue weighted by Gasteiger charge is -2.18. The number of alkyl halides is 2. The predicted molar refractivity (Wildman–Crippen MR) is 106 cm³/mol. The summed E-state index contributed by atoms with van der Waals surface area (Å²) >= 11 is 7.88. The molecule has 0 amide bonds. The second kappa shape index (κ2) is 5.66. The molecule has 18 heavy (non-hydrogen) atoms. The molecule has 100 valence electrons. The summed E-state index contributed by atoms with van der Waals surface area (Å²) in [5.41, 5.74) is 7.93. The quantitative estimate of drug-likeness (QED) is 0.236. The molecule has 2 aliphatic carbocycles. The highest BCUT2D eigenvalue weighted by Crippen LogP contribution is 2.52. The van der Waals surface area contributed by atoms with Gasteiger partial charge in [-0.1, -0.05) is 70.2 Å². The second-order valence-corrected chi connectivity index (χ2v) is 9.28. The zero-order valence-corrected chi connectivity index (χ0v) is 17.9. The Labute approximate surface area is 152 Å². The summed E-state index contributed by atoms with van der Waals surface area (Å²) in [5, 5.41) is 0. The van der Waals surface area contributed by atoms with E-state index in [1.807, 2.05) is 0 Å². The minimum absolute atomic E-state index is 0.591. The number of hydrogen-bond acceptors (Lipinski definition) is 0. The summed E-state index contributed by atoms with van der Waals surface area (Å²) in [7, 11) is 0. The molecule has 0 radical (unpaired) electrons. The van der Waals surface area contributed by atoms with E-state index in [1.165, 1.54) is 9.15 Å². The van der Waals surface area contributed by atoms with Crippen molar-refractivity contribution in [3.8, 4) is 0 Å². The van der Waals surface area contributed by atoms with Crippen LogP contribution in [0.3, 0.4) is 0 Å². The van der Waals surface area contributed by atoms with Gasteiger partial charge in [0.2, 0.25) is 0 Å². The Bertz CT molecular complexity index is 482. The van der Waals surface area contributed by atoms with Crippen molar-refractivity contribution in [3.63, 3.8) is 0 Å². The van der Waals surface area contributed by atoms with Gasteiger partial charge in [0.1, 0.15) is 0 Å². The van der Waals surface area contributed by atoms with Crippen molar-refractivity contribution in [1.29, 1.82) is 0 Å². The topological polar surface area (TPSA) is 0 Å². The third-order valence-corrected chi connectivity index (χ3v) is 9.55. The van der Waals surface area contributed by atoms with Crippen LogP contribution < -0.4 is 0 Å². The SMILES string of the molecule is CC1=C(C)[C@H](C)C(C)=C2C(=C1I)C(I)C(C)C2I. The Morgan fingerprint density at radius 2 is 1.33 bits per heavy atom. The van der Waals surface area contributed by atoms with E-state index >= 15 is 0 Å². The maximum absolute atomic E-state index is 2.66. The normalized spacial score (nSPS) is 37.3. The fourth-order valence-electron chi connectivity index (χ4n) is 2.90. The fourth-order valence-corrected chi connectivity index (χ4v) is 7.64. The van der Waals surface area contributed by atoms with Gasteiger partial charge < -0.3 is 0 Å². The van der Waals surface area contributed by atoms with E-state index in [2.05, 4.69) is 102 Å². The average molecular weight is 580 g/mol. The van der Waals surface area contributed by atoms with Crippen LogP contribution in [-0.4, -0.2) is 7.85 Å². The van der Waals surface area contributed by atoms with Crippen LogP contribution in [0.4, 0.5) is 0 Å². The average Bonchev–Trinajstić information content (AvgIpc) is 2.55. The summed E-state index contributed by atoms with van der Waals surface area (Å²) in [6.45, 7) is 11.7. The molecule has 0 spiro atoms.